The highest BCUT2D eigenvalue weighted by molar-refractivity contribution is 7.92. The SMILES string of the molecule is CCOC(=O)CS(=O)(=O)CCCl. The van der Waals surface area contributed by atoms with E-state index in [1.165, 1.54) is 0 Å². The van der Waals surface area contributed by atoms with Gasteiger partial charge in [0.2, 0.25) is 0 Å². The van der Waals surface area contributed by atoms with E-state index in [0.717, 1.165) is 0 Å². The van der Waals surface area contributed by atoms with Crippen molar-refractivity contribution in [3.63, 3.8) is 0 Å². The molecule has 0 aromatic rings. The summed E-state index contributed by atoms with van der Waals surface area (Å²) < 4.78 is 26.3. The number of rotatable bonds is 5. The maximum Gasteiger partial charge on any atom is 0.321 e. The van der Waals surface area contributed by atoms with Gasteiger partial charge in [-0.2, -0.15) is 0 Å². The van der Waals surface area contributed by atoms with Gasteiger partial charge >= 0.3 is 5.97 Å². The van der Waals surface area contributed by atoms with Crippen molar-refractivity contribution in [2.75, 3.05) is 24.0 Å². The third kappa shape index (κ3) is 5.37. The largest absolute Gasteiger partial charge is 0.465 e. The van der Waals surface area contributed by atoms with Gasteiger partial charge in [0, 0.05) is 5.88 Å². The fraction of sp³-hybridized carbons (Fsp3) is 0.833. The van der Waals surface area contributed by atoms with Gasteiger partial charge in [0.15, 0.2) is 9.84 Å². The Morgan fingerprint density at radius 2 is 2.08 bits per heavy atom. The minimum absolute atomic E-state index is 0.00172. The predicted molar refractivity (Wildman–Crippen MR) is 46.0 cm³/mol. The van der Waals surface area contributed by atoms with Crippen LogP contribution in [0.1, 0.15) is 6.92 Å². The van der Waals surface area contributed by atoms with Crippen LogP contribution in [-0.4, -0.2) is 38.4 Å². The minimum Gasteiger partial charge on any atom is -0.465 e. The molecule has 0 aliphatic rings. The van der Waals surface area contributed by atoms with Gasteiger partial charge in [0.1, 0.15) is 5.75 Å². The van der Waals surface area contributed by atoms with Crippen LogP contribution in [0.15, 0.2) is 0 Å². The first-order valence-electron chi connectivity index (χ1n) is 3.44. The summed E-state index contributed by atoms with van der Waals surface area (Å²) in [7, 11) is -3.36. The third-order valence-corrected chi connectivity index (χ3v) is 2.95. The molecule has 0 unspecified atom stereocenters. The molecule has 72 valence electrons. The van der Waals surface area contributed by atoms with Crippen molar-refractivity contribution >= 4 is 27.4 Å². The first-order chi connectivity index (χ1) is 5.52. The monoisotopic (exact) mass is 214 g/mol. The zero-order valence-electron chi connectivity index (χ0n) is 6.75. The lowest BCUT2D eigenvalue weighted by Crippen LogP contribution is -2.21. The van der Waals surface area contributed by atoms with E-state index in [1.807, 2.05) is 0 Å². The topological polar surface area (TPSA) is 60.4 Å². The molecule has 0 radical (unpaired) electrons. The van der Waals surface area contributed by atoms with E-state index in [4.69, 9.17) is 11.6 Å². The molecule has 0 saturated heterocycles. The zero-order chi connectivity index (χ0) is 9.61. The number of carbonyl (C=O) groups is 1. The minimum atomic E-state index is -3.36. The van der Waals surface area contributed by atoms with Crippen molar-refractivity contribution in [3.05, 3.63) is 0 Å². The highest BCUT2D eigenvalue weighted by atomic mass is 35.5. The lowest BCUT2D eigenvalue weighted by molar-refractivity contribution is -0.139. The van der Waals surface area contributed by atoms with Crippen LogP contribution in [-0.2, 0) is 19.4 Å². The Labute approximate surface area is 76.8 Å². The summed E-state index contributed by atoms with van der Waals surface area (Å²) in [4.78, 5) is 10.7. The van der Waals surface area contributed by atoms with Crippen LogP contribution in [0, 0.1) is 0 Å². The van der Waals surface area contributed by atoms with Gasteiger partial charge in [0.05, 0.1) is 12.4 Å². The van der Waals surface area contributed by atoms with E-state index >= 15 is 0 Å². The van der Waals surface area contributed by atoms with Crippen LogP contribution in [0.3, 0.4) is 0 Å². The molecule has 0 aromatic heterocycles. The summed E-state index contributed by atoms with van der Waals surface area (Å²) in [5.41, 5.74) is 0. The Kier molecular flexibility index (Phi) is 5.24. The molecule has 0 saturated carbocycles. The number of esters is 1. The molecule has 0 spiro atoms. The van der Waals surface area contributed by atoms with Gasteiger partial charge in [0.25, 0.3) is 0 Å². The standard InChI is InChI=1S/C6H11ClO4S/c1-2-11-6(8)5-12(9,10)4-3-7/h2-5H2,1H3. The first-order valence-corrected chi connectivity index (χ1v) is 5.79. The summed E-state index contributed by atoms with van der Waals surface area (Å²) in [5, 5.41) is 0. The molecule has 0 rings (SSSR count). The number of ether oxygens (including phenoxy) is 1. The summed E-state index contributed by atoms with van der Waals surface area (Å²) in [6.07, 6.45) is 0. The van der Waals surface area contributed by atoms with Crippen LogP contribution < -0.4 is 0 Å². The average Bonchev–Trinajstić information content (AvgIpc) is 1.85. The Balaban J connectivity index is 3.98. The van der Waals surface area contributed by atoms with Crippen LogP contribution >= 0.6 is 11.6 Å². The second-order valence-corrected chi connectivity index (χ2v) is 4.65. The first kappa shape index (κ1) is 11.7. The molecule has 0 fully saturated rings. The van der Waals surface area contributed by atoms with E-state index in [0.29, 0.717) is 0 Å². The van der Waals surface area contributed by atoms with E-state index < -0.39 is 21.6 Å². The number of hydrogen-bond acceptors (Lipinski definition) is 4. The zero-order valence-corrected chi connectivity index (χ0v) is 8.32. The molecule has 0 N–H and O–H groups in total. The number of carbonyl (C=O) groups excluding carboxylic acids is 1. The predicted octanol–water partition coefficient (Wildman–Crippen LogP) is 0.203. The van der Waals surface area contributed by atoms with E-state index in [2.05, 4.69) is 4.74 Å². The maximum atomic E-state index is 10.9. The molecule has 0 atom stereocenters. The van der Waals surface area contributed by atoms with Crippen molar-refractivity contribution < 1.29 is 17.9 Å². The Hall–Kier alpha value is -0.290. The molecule has 12 heavy (non-hydrogen) atoms. The van der Waals surface area contributed by atoms with Crippen LogP contribution in [0.4, 0.5) is 0 Å². The summed E-state index contributed by atoms with van der Waals surface area (Å²) in [6.45, 7) is 1.81. The van der Waals surface area contributed by atoms with Crippen LogP contribution in [0.5, 0.6) is 0 Å². The van der Waals surface area contributed by atoms with Crippen LogP contribution in [0.2, 0.25) is 0 Å². The Morgan fingerprint density at radius 3 is 2.50 bits per heavy atom. The molecular weight excluding hydrogens is 204 g/mol. The van der Waals surface area contributed by atoms with Gasteiger partial charge in [-0.25, -0.2) is 8.42 Å². The van der Waals surface area contributed by atoms with Gasteiger partial charge in [-0.3, -0.25) is 4.79 Å². The van der Waals surface area contributed by atoms with Gasteiger partial charge < -0.3 is 4.74 Å². The number of alkyl halides is 1. The normalized spacial score (nSPS) is 11.2. The van der Waals surface area contributed by atoms with Crippen molar-refractivity contribution in [2.24, 2.45) is 0 Å². The number of sulfone groups is 1. The second kappa shape index (κ2) is 5.37. The molecular formula is C6H11ClO4S. The summed E-state index contributed by atoms with van der Waals surface area (Å²) in [5.74, 6) is -1.48. The maximum absolute atomic E-state index is 10.9. The quantitative estimate of drug-likeness (QED) is 0.485. The smallest absolute Gasteiger partial charge is 0.321 e. The van der Waals surface area contributed by atoms with Gasteiger partial charge in [-0.15, -0.1) is 11.6 Å². The van der Waals surface area contributed by atoms with Crippen molar-refractivity contribution in [1.29, 1.82) is 0 Å². The molecule has 0 aromatic carbocycles. The molecule has 4 nitrogen and oxygen atoms in total. The van der Waals surface area contributed by atoms with E-state index in [1.54, 1.807) is 6.92 Å². The lowest BCUT2D eigenvalue weighted by atomic mass is 10.8. The average molecular weight is 215 g/mol. The highest BCUT2D eigenvalue weighted by Crippen LogP contribution is 1.93. The van der Waals surface area contributed by atoms with Crippen LogP contribution in [0.25, 0.3) is 0 Å². The fourth-order valence-corrected chi connectivity index (χ4v) is 2.10. The Bertz CT molecular complexity index is 234. The highest BCUT2D eigenvalue weighted by Gasteiger charge is 2.16. The fourth-order valence-electron chi connectivity index (χ4n) is 0.572. The molecule has 0 heterocycles. The second-order valence-electron chi connectivity index (χ2n) is 2.09. The summed E-state index contributed by atoms with van der Waals surface area (Å²) in [6, 6.07) is 0. The van der Waals surface area contributed by atoms with Crippen molar-refractivity contribution in [3.8, 4) is 0 Å². The van der Waals surface area contributed by atoms with Crippen molar-refractivity contribution in [2.45, 2.75) is 6.92 Å². The number of halogens is 1. The van der Waals surface area contributed by atoms with E-state index in [9.17, 15) is 13.2 Å². The molecule has 6 heteroatoms. The van der Waals surface area contributed by atoms with Gasteiger partial charge in [-0.05, 0) is 6.92 Å². The molecule has 0 bridgehead atoms. The molecule has 0 aliphatic carbocycles. The third-order valence-electron chi connectivity index (χ3n) is 1.03. The van der Waals surface area contributed by atoms with Crippen molar-refractivity contribution in [1.82, 2.24) is 0 Å². The van der Waals surface area contributed by atoms with Gasteiger partial charge in [-0.1, -0.05) is 0 Å². The molecule has 0 aliphatic heterocycles. The Morgan fingerprint density at radius 1 is 1.50 bits per heavy atom. The lowest BCUT2D eigenvalue weighted by Gasteiger charge is -2.01. The van der Waals surface area contributed by atoms with E-state index in [-0.39, 0.29) is 18.2 Å². The summed E-state index contributed by atoms with van der Waals surface area (Å²) >= 11 is 5.22. The number of hydrogen-bond donors (Lipinski definition) is 0. The molecule has 0 amide bonds.